The highest BCUT2D eigenvalue weighted by Crippen LogP contribution is 2.32. The molecule has 2 aromatic heterocycles. The third-order valence-electron chi connectivity index (χ3n) is 5.38. The zero-order chi connectivity index (χ0) is 19.9. The van der Waals surface area contributed by atoms with Crippen LogP contribution in [0.1, 0.15) is 54.6 Å². The van der Waals surface area contributed by atoms with Crippen LogP contribution in [-0.2, 0) is 22.8 Å². The second kappa shape index (κ2) is 7.33. The minimum absolute atomic E-state index is 0.0415. The van der Waals surface area contributed by atoms with Crippen LogP contribution < -0.4 is 0 Å². The number of nitrogens with zero attached hydrogens (tertiary/aromatic N) is 6. The minimum atomic E-state index is -3.05. The maximum absolute atomic E-state index is 11.8. The lowest BCUT2D eigenvalue weighted by atomic mass is 10.1. The third-order valence-corrected chi connectivity index (χ3v) is 7.51. The van der Waals surface area contributed by atoms with Gasteiger partial charge in [-0.2, -0.15) is 10.4 Å². The van der Waals surface area contributed by atoms with E-state index in [4.69, 9.17) is 11.6 Å². The number of sulfone groups is 1. The van der Waals surface area contributed by atoms with Crippen LogP contribution in [0.4, 0.5) is 0 Å². The van der Waals surface area contributed by atoms with Crippen molar-refractivity contribution in [1.29, 1.82) is 5.26 Å². The number of aromatic nitrogens is 5. The van der Waals surface area contributed by atoms with Crippen LogP contribution in [0.3, 0.4) is 0 Å². The Labute approximate surface area is 168 Å². The van der Waals surface area contributed by atoms with Crippen LogP contribution in [0.25, 0.3) is 11.6 Å². The van der Waals surface area contributed by atoms with Crippen molar-refractivity contribution in [3.8, 4) is 6.07 Å². The Hall–Kier alpha value is -2.18. The molecule has 4 rings (SSSR count). The monoisotopic (exact) mass is 420 g/mol. The maximum Gasteiger partial charge on any atom is 0.174 e. The smallest absolute Gasteiger partial charge is 0.174 e. The Kier molecular flexibility index (Phi) is 5.02. The van der Waals surface area contributed by atoms with Gasteiger partial charge in [-0.1, -0.05) is 18.0 Å². The van der Waals surface area contributed by atoms with Crippen LogP contribution in [0.5, 0.6) is 0 Å². The van der Waals surface area contributed by atoms with E-state index in [1.165, 1.54) is 0 Å². The van der Waals surface area contributed by atoms with Crippen LogP contribution in [-0.4, -0.2) is 44.5 Å². The number of rotatable bonds is 3. The van der Waals surface area contributed by atoms with Crippen LogP contribution in [0.2, 0.25) is 5.15 Å². The number of nitriles is 1. The van der Waals surface area contributed by atoms with Gasteiger partial charge in [-0.15, -0.1) is 10.2 Å². The molecule has 0 N–H and O–H groups in total. The molecule has 0 aromatic carbocycles. The quantitative estimate of drug-likeness (QED) is 0.706. The molecule has 2 aliphatic heterocycles. The summed E-state index contributed by atoms with van der Waals surface area (Å²) in [5.41, 5.74) is 1.65. The molecule has 0 unspecified atom stereocenters. The second-order valence-corrected chi connectivity index (χ2v) is 9.95. The van der Waals surface area contributed by atoms with Gasteiger partial charge in [0, 0.05) is 18.5 Å². The zero-order valence-corrected chi connectivity index (χ0v) is 17.2. The van der Waals surface area contributed by atoms with Crippen molar-refractivity contribution in [2.24, 2.45) is 0 Å². The van der Waals surface area contributed by atoms with Crippen LogP contribution in [0, 0.1) is 18.3 Å². The summed E-state index contributed by atoms with van der Waals surface area (Å²) >= 11 is 6.54. The molecule has 2 aliphatic rings. The largest absolute Gasteiger partial charge is 0.310 e. The molecule has 4 heterocycles. The number of fused-ring (bicyclic) bond motifs is 1. The van der Waals surface area contributed by atoms with Gasteiger partial charge in [-0.05, 0) is 32.3 Å². The zero-order valence-electron chi connectivity index (χ0n) is 15.6. The average molecular weight is 421 g/mol. The van der Waals surface area contributed by atoms with Gasteiger partial charge < -0.3 is 4.57 Å². The van der Waals surface area contributed by atoms with Crippen molar-refractivity contribution in [3.63, 3.8) is 0 Å². The van der Waals surface area contributed by atoms with Gasteiger partial charge in [0.2, 0.25) is 0 Å². The van der Waals surface area contributed by atoms with E-state index < -0.39 is 9.84 Å². The van der Waals surface area contributed by atoms with Gasteiger partial charge in [-0.25, -0.2) is 13.1 Å². The molecule has 1 fully saturated rings. The summed E-state index contributed by atoms with van der Waals surface area (Å²) in [5.74, 6) is 1.64. The summed E-state index contributed by atoms with van der Waals surface area (Å²) in [7, 11) is -3.05. The van der Waals surface area contributed by atoms with E-state index in [0.29, 0.717) is 34.2 Å². The summed E-state index contributed by atoms with van der Waals surface area (Å²) in [5, 5.41) is 23.1. The molecule has 28 heavy (non-hydrogen) atoms. The van der Waals surface area contributed by atoms with Crippen molar-refractivity contribution in [2.45, 2.75) is 51.6 Å². The van der Waals surface area contributed by atoms with E-state index in [9.17, 15) is 13.7 Å². The molecule has 0 radical (unpaired) electrons. The van der Waals surface area contributed by atoms with E-state index >= 15 is 0 Å². The van der Waals surface area contributed by atoms with Crippen molar-refractivity contribution < 1.29 is 8.42 Å². The Bertz CT molecular complexity index is 1090. The number of halogens is 1. The number of aryl methyl sites for hydroxylation is 2. The first-order chi connectivity index (χ1) is 13.4. The predicted molar refractivity (Wildman–Crippen MR) is 105 cm³/mol. The molecule has 8 nitrogen and oxygen atoms in total. The van der Waals surface area contributed by atoms with Crippen molar-refractivity contribution in [2.75, 3.05) is 11.5 Å². The van der Waals surface area contributed by atoms with Gasteiger partial charge in [0.25, 0.3) is 0 Å². The van der Waals surface area contributed by atoms with E-state index in [2.05, 4.69) is 21.4 Å². The lowest BCUT2D eigenvalue weighted by molar-refractivity contribution is 0.497. The average Bonchev–Trinajstić information content (AvgIpc) is 3.24. The van der Waals surface area contributed by atoms with Gasteiger partial charge in [0.1, 0.15) is 17.0 Å². The van der Waals surface area contributed by atoms with E-state index in [0.717, 1.165) is 38.1 Å². The SMILES string of the molecule is Cc1nn([C@@H]2CCS(=O)(=O)C2)c(Cl)c1/C=C(\C#N)c1nnc2n1CCCCC2. The lowest BCUT2D eigenvalue weighted by Crippen LogP contribution is -2.12. The molecule has 0 bridgehead atoms. The molecule has 0 saturated carbocycles. The topological polar surface area (TPSA) is 106 Å². The molecule has 0 spiro atoms. The predicted octanol–water partition coefficient (Wildman–Crippen LogP) is 2.59. The Morgan fingerprint density at radius 1 is 1.32 bits per heavy atom. The van der Waals surface area contributed by atoms with Crippen LogP contribution in [0.15, 0.2) is 0 Å². The minimum Gasteiger partial charge on any atom is -0.310 e. The molecule has 0 amide bonds. The van der Waals surface area contributed by atoms with Crippen molar-refractivity contribution in [1.82, 2.24) is 24.5 Å². The number of hydrogen-bond donors (Lipinski definition) is 0. The molecule has 148 valence electrons. The lowest BCUT2D eigenvalue weighted by Gasteiger charge is -2.09. The first-order valence-corrected chi connectivity index (χ1v) is 11.6. The molecule has 0 aliphatic carbocycles. The number of hydrogen-bond acceptors (Lipinski definition) is 6. The Balaban J connectivity index is 1.72. The normalized spacial score (nSPS) is 21.9. The molecule has 1 saturated heterocycles. The molecular formula is C18H21ClN6O2S. The fourth-order valence-corrected chi connectivity index (χ4v) is 5.94. The van der Waals surface area contributed by atoms with E-state index in [1.807, 2.05) is 4.57 Å². The summed E-state index contributed by atoms with van der Waals surface area (Å²) in [4.78, 5) is 0. The van der Waals surface area contributed by atoms with Crippen molar-refractivity contribution in [3.05, 3.63) is 28.1 Å². The summed E-state index contributed by atoms with van der Waals surface area (Å²) in [6.07, 6.45) is 6.29. The first-order valence-electron chi connectivity index (χ1n) is 9.39. The fourth-order valence-electron chi connectivity index (χ4n) is 3.88. The molecular weight excluding hydrogens is 400 g/mol. The second-order valence-electron chi connectivity index (χ2n) is 7.36. The van der Waals surface area contributed by atoms with Gasteiger partial charge in [-0.3, -0.25) is 0 Å². The third kappa shape index (κ3) is 3.47. The molecule has 2 aromatic rings. The van der Waals surface area contributed by atoms with E-state index in [-0.39, 0.29) is 17.5 Å². The van der Waals surface area contributed by atoms with Crippen molar-refractivity contribution >= 4 is 33.1 Å². The molecule has 1 atom stereocenters. The van der Waals surface area contributed by atoms with Crippen LogP contribution >= 0.6 is 11.6 Å². The summed E-state index contributed by atoms with van der Waals surface area (Å²) in [6.45, 7) is 2.60. The van der Waals surface area contributed by atoms with Gasteiger partial charge >= 0.3 is 0 Å². The standard InChI is InChI=1S/C18H21ClN6O2S/c1-12-15(17(19)25(23-12)14-6-8-28(26,27)11-14)9-13(10-20)18-22-21-16-5-3-2-4-7-24(16)18/h9,14H,2-8,11H2,1H3/b13-9+/t14-/m1/s1. The fraction of sp³-hybridized carbons (Fsp3) is 0.556. The summed E-state index contributed by atoms with van der Waals surface area (Å²) < 4.78 is 27.2. The van der Waals surface area contributed by atoms with E-state index in [1.54, 1.807) is 17.7 Å². The highest BCUT2D eigenvalue weighted by atomic mass is 35.5. The molecule has 10 heteroatoms. The number of allylic oxidation sites excluding steroid dienone is 1. The first kappa shape index (κ1) is 19.2. The Morgan fingerprint density at radius 3 is 2.86 bits per heavy atom. The highest BCUT2D eigenvalue weighted by molar-refractivity contribution is 7.91. The highest BCUT2D eigenvalue weighted by Gasteiger charge is 2.32. The Morgan fingerprint density at radius 2 is 2.14 bits per heavy atom. The summed E-state index contributed by atoms with van der Waals surface area (Å²) in [6, 6.07) is 1.95. The van der Waals surface area contributed by atoms with Gasteiger partial charge in [0.15, 0.2) is 15.7 Å². The maximum atomic E-state index is 11.8. The van der Waals surface area contributed by atoms with Gasteiger partial charge in [0.05, 0.1) is 28.8 Å².